The molecule has 0 saturated heterocycles. The van der Waals surface area contributed by atoms with E-state index in [1.165, 1.54) is 0 Å². The summed E-state index contributed by atoms with van der Waals surface area (Å²) in [5.74, 6) is 0.858. The smallest absolute Gasteiger partial charge is 0.133 e. The first kappa shape index (κ1) is 8.27. The highest BCUT2D eigenvalue weighted by Crippen LogP contribution is 2.01. The average Bonchev–Trinajstić information content (AvgIpc) is 2.37. The molecular weight excluding hydrogens is 142 g/mol. The van der Waals surface area contributed by atoms with E-state index in [1.807, 2.05) is 19.9 Å². The Hall–Kier alpha value is -0.830. The summed E-state index contributed by atoms with van der Waals surface area (Å²) in [5.41, 5.74) is 0.968. The molecule has 0 unspecified atom stereocenters. The topological polar surface area (TPSA) is 35.3 Å². The van der Waals surface area contributed by atoms with E-state index in [4.69, 9.17) is 9.26 Å². The van der Waals surface area contributed by atoms with Crippen molar-refractivity contribution in [1.82, 2.24) is 5.16 Å². The van der Waals surface area contributed by atoms with Crippen LogP contribution in [0.2, 0.25) is 0 Å². The Morgan fingerprint density at radius 1 is 1.64 bits per heavy atom. The van der Waals surface area contributed by atoms with Crippen LogP contribution in [0, 0.1) is 6.92 Å². The van der Waals surface area contributed by atoms with Gasteiger partial charge in [0, 0.05) is 19.1 Å². The van der Waals surface area contributed by atoms with Crippen molar-refractivity contribution >= 4 is 0 Å². The lowest BCUT2D eigenvalue weighted by atomic mass is 10.3. The molecule has 0 fully saturated rings. The lowest BCUT2D eigenvalue weighted by Crippen LogP contribution is -1.97. The van der Waals surface area contributed by atoms with Gasteiger partial charge in [-0.15, -0.1) is 0 Å². The van der Waals surface area contributed by atoms with Crippen molar-refractivity contribution < 1.29 is 9.26 Å². The van der Waals surface area contributed by atoms with Gasteiger partial charge < -0.3 is 9.26 Å². The summed E-state index contributed by atoms with van der Waals surface area (Å²) >= 11 is 0. The fraction of sp³-hybridized carbons (Fsp3) is 0.625. The van der Waals surface area contributed by atoms with Crippen LogP contribution in [0.4, 0.5) is 0 Å². The Kier molecular flexibility index (Phi) is 3.11. The predicted molar refractivity (Wildman–Crippen MR) is 41.4 cm³/mol. The molecule has 0 N–H and O–H groups in total. The van der Waals surface area contributed by atoms with E-state index in [0.29, 0.717) is 0 Å². The molecule has 0 aliphatic rings. The Labute approximate surface area is 66.3 Å². The Morgan fingerprint density at radius 3 is 3.00 bits per heavy atom. The zero-order valence-corrected chi connectivity index (χ0v) is 6.96. The second-order valence-corrected chi connectivity index (χ2v) is 2.38. The molecule has 11 heavy (non-hydrogen) atoms. The van der Waals surface area contributed by atoms with Crippen molar-refractivity contribution in [3.8, 4) is 0 Å². The molecule has 3 nitrogen and oxygen atoms in total. The highest BCUT2D eigenvalue weighted by atomic mass is 16.5. The highest BCUT2D eigenvalue weighted by Gasteiger charge is 1.98. The molecular formula is C8H13NO2. The number of aromatic nitrogens is 1. The minimum atomic E-state index is 0.725. The SMILES string of the molecule is CCOCCc1cc(C)on1. The van der Waals surface area contributed by atoms with Crippen LogP contribution in [0.25, 0.3) is 0 Å². The van der Waals surface area contributed by atoms with E-state index >= 15 is 0 Å². The summed E-state index contributed by atoms with van der Waals surface area (Å²) in [6.07, 6.45) is 0.838. The zero-order chi connectivity index (χ0) is 8.10. The molecule has 0 aliphatic heterocycles. The normalized spacial score (nSPS) is 10.4. The molecule has 62 valence electrons. The molecule has 1 rings (SSSR count). The third-order valence-electron chi connectivity index (χ3n) is 1.38. The van der Waals surface area contributed by atoms with E-state index in [1.54, 1.807) is 0 Å². The van der Waals surface area contributed by atoms with Gasteiger partial charge in [0.05, 0.1) is 12.3 Å². The average molecular weight is 155 g/mol. The van der Waals surface area contributed by atoms with Crippen LogP contribution in [0.5, 0.6) is 0 Å². The number of rotatable bonds is 4. The fourth-order valence-electron chi connectivity index (χ4n) is 0.857. The summed E-state index contributed by atoms with van der Waals surface area (Å²) in [6.45, 7) is 5.35. The second kappa shape index (κ2) is 4.13. The van der Waals surface area contributed by atoms with Crippen molar-refractivity contribution in [3.63, 3.8) is 0 Å². The van der Waals surface area contributed by atoms with E-state index < -0.39 is 0 Å². The number of hydrogen-bond acceptors (Lipinski definition) is 3. The number of aryl methyl sites for hydroxylation is 1. The summed E-state index contributed by atoms with van der Waals surface area (Å²) in [7, 11) is 0. The first-order valence-corrected chi connectivity index (χ1v) is 3.83. The maximum absolute atomic E-state index is 5.17. The van der Waals surface area contributed by atoms with Crippen LogP contribution in [-0.4, -0.2) is 18.4 Å². The minimum absolute atomic E-state index is 0.725. The van der Waals surface area contributed by atoms with Crippen LogP contribution < -0.4 is 0 Å². The molecule has 1 aromatic heterocycles. The van der Waals surface area contributed by atoms with Gasteiger partial charge in [-0.05, 0) is 13.8 Å². The fourth-order valence-corrected chi connectivity index (χ4v) is 0.857. The first-order valence-electron chi connectivity index (χ1n) is 3.83. The van der Waals surface area contributed by atoms with Crippen molar-refractivity contribution in [2.75, 3.05) is 13.2 Å². The molecule has 1 heterocycles. The summed E-state index contributed by atoms with van der Waals surface area (Å²) in [6, 6.07) is 1.93. The van der Waals surface area contributed by atoms with Gasteiger partial charge in [0.25, 0.3) is 0 Å². The Morgan fingerprint density at radius 2 is 2.45 bits per heavy atom. The molecule has 0 saturated carbocycles. The van der Waals surface area contributed by atoms with Crippen LogP contribution in [0.15, 0.2) is 10.6 Å². The van der Waals surface area contributed by atoms with Crippen LogP contribution >= 0.6 is 0 Å². The number of nitrogens with zero attached hydrogens (tertiary/aromatic N) is 1. The molecule has 0 spiro atoms. The van der Waals surface area contributed by atoms with Gasteiger partial charge in [-0.25, -0.2) is 0 Å². The van der Waals surface area contributed by atoms with Gasteiger partial charge in [0.2, 0.25) is 0 Å². The van der Waals surface area contributed by atoms with Gasteiger partial charge >= 0.3 is 0 Å². The Balaban J connectivity index is 2.27. The minimum Gasteiger partial charge on any atom is -0.381 e. The third kappa shape index (κ3) is 2.72. The number of ether oxygens (including phenoxy) is 1. The van der Waals surface area contributed by atoms with E-state index in [2.05, 4.69) is 5.16 Å². The third-order valence-corrected chi connectivity index (χ3v) is 1.38. The Bertz CT molecular complexity index is 208. The monoisotopic (exact) mass is 155 g/mol. The van der Waals surface area contributed by atoms with E-state index in [0.717, 1.165) is 31.1 Å². The maximum Gasteiger partial charge on any atom is 0.133 e. The number of hydrogen-bond donors (Lipinski definition) is 0. The van der Waals surface area contributed by atoms with E-state index in [9.17, 15) is 0 Å². The molecule has 0 aromatic carbocycles. The van der Waals surface area contributed by atoms with Crippen molar-refractivity contribution in [2.24, 2.45) is 0 Å². The van der Waals surface area contributed by atoms with Gasteiger partial charge in [-0.2, -0.15) is 0 Å². The second-order valence-electron chi connectivity index (χ2n) is 2.38. The van der Waals surface area contributed by atoms with Gasteiger partial charge in [-0.3, -0.25) is 0 Å². The van der Waals surface area contributed by atoms with E-state index in [-0.39, 0.29) is 0 Å². The van der Waals surface area contributed by atoms with Crippen molar-refractivity contribution in [1.29, 1.82) is 0 Å². The lowest BCUT2D eigenvalue weighted by Gasteiger charge is -1.95. The lowest BCUT2D eigenvalue weighted by molar-refractivity contribution is 0.149. The van der Waals surface area contributed by atoms with Crippen LogP contribution in [0.1, 0.15) is 18.4 Å². The highest BCUT2D eigenvalue weighted by molar-refractivity contribution is 5.03. The molecule has 3 heteroatoms. The quantitative estimate of drug-likeness (QED) is 0.619. The molecule has 1 aromatic rings. The van der Waals surface area contributed by atoms with Gasteiger partial charge in [0.15, 0.2) is 0 Å². The van der Waals surface area contributed by atoms with Gasteiger partial charge in [-0.1, -0.05) is 5.16 Å². The van der Waals surface area contributed by atoms with Crippen molar-refractivity contribution in [3.05, 3.63) is 17.5 Å². The summed E-state index contributed by atoms with van der Waals surface area (Å²) < 4.78 is 10.1. The largest absolute Gasteiger partial charge is 0.381 e. The summed E-state index contributed by atoms with van der Waals surface area (Å²) in [4.78, 5) is 0. The molecule has 0 amide bonds. The predicted octanol–water partition coefficient (Wildman–Crippen LogP) is 1.56. The molecule has 0 atom stereocenters. The molecule has 0 radical (unpaired) electrons. The zero-order valence-electron chi connectivity index (χ0n) is 6.96. The standard InChI is InChI=1S/C8H13NO2/c1-3-10-5-4-8-6-7(2)11-9-8/h6H,3-5H2,1-2H3. The van der Waals surface area contributed by atoms with Crippen LogP contribution in [-0.2, 0) is 11.2 Å². The summed E-state index contributed by atoms with van der Waals surface area (Å²) in [5, 5.41) is 3.83. The van der Waals surface area contributed by atoms with Crippen LogP contribution in [0.3, 0.4) is 0 Å². The molecule has 0 bridgehead atoms. The maximum atomic E-state index is 5.17. The van der Waals surface area contributed by atoms with Crippen molar-refractivity contribution in [2.45, 2.75) is 20.3 Å². The van der Waals surface area contributed by atoms with Gasteiger partial charge in [0.1, 0.15) is 5.76 Å². The molecule has 0 aliphatic carbocycles. The first-order chi connectivity index (χ1) is 5.33.